The van der Waals surface area contributed by atoms with Crippen LogP contribution < -0.4 is 51.4 Å². The van der Waals surface area contributed by atoms with E-state index < -0.39 is 0 Å². The van der Waals surface area contributed by atoms with Crippen LogP contribution in [0.1, 0.15) is 105 Å². The second-order valence-corrected chi connectivity index (χ2v) is 11.9. The molecule has 0 aromatic heterocycles. The van der Waals surface area contributed by atoms with E-state index in [4.69, 9.17) is 46.4 Å². The first-order chi connectivity index (χ1) is 13.8. The van der Waals surface area contributed by atoms with E-state index >= 15 is 0 Å². The van der Waals surface area contributed by atoms with Gasteiger partial charge in [-0.25, -0.2) is 0 Å². The summed E-state index contributed by atoms with van der Waals surface area (Å²) in [6.07, 6.45) is 18.9. The van der Waals surface area contributed by atoms with Gasteiger partial charge < -0.3 is 0 Å². The van der Waals surface area contributed by atoms with Gasteiger partial charge in [0.2, 0.25) is 0 Å². The fourth-order valence-corrected chi connectivity index (χ4v) is 5.39. The first kappa shape index (κ1) is 35.0. The number of alkyl halides is 4. The van der Waals surface area contributed by atoms with Gasteiger partial charge in [-0.2, -0.15) is 25.3 Å². The maximum Gasteiger partial charge on any atom is 1.00 e. The average Bonchev–Trinajstić information content (AvgIpc) is 2.72. The van der Waals surface area contributed by atoms with Crippen LogP contribution in [0.5, 0.6) is 0 Å². The van der Waals surface area contributed by atoms with Gasteiger partial charge in [-0.3, -0.25) is 0 Å². The molecule has 0 N–H and O–H groups in total. The molecule has 0 aromatic carbocycles. The van der Waals surface area contributed by atoms with Gasteiger partial charge in [0.25, 0.3) is 0 Å². The van der Waals surface area contributed by atoms with Crippen LogP contribution in [0.15, 0.2) is 0 Å². The summed E-state index contributed by atoms with van der Waals surface area (Å²) in [6.45, 7) is 8.77. The Kier molecular flexibility index (Phi) is 26.1. The zero-order valence-corrected chi connectivity index (χ0v) is 26.9. The number of rotatable bonds is 20. The van der Waals surface area contributed by atoms with Gasteiger partial charge in [0, 0.05) is 27.7 Å². The minimum atomic E-state index is -0.383. The Morgan fingerprint density at radius 1 is 0.467 bits per heavy atom. The predicted octanol–water partition coefficient (Wildman–Crippen LogP) is 7.63. The quantitative estimate of drug-likeness (QED) is 0.113. The van der Waals surface area contributed by atoms with Crippen molar-refractivity contribution >= 4 is 52.5 Å². The van der Waals surface area contributed by atoms with Gasteiger partial charge in [-0.05, 0) is 51.4 Å². The molecule has 0 aliphatic carbocycles. The third-order valence-electron chi connectivity index (χ3n) is 7.11. The molecule has 4 atom stereocenters. The van der Waals surface area contributed by atoms with E-state index in [1.165, 1.54) is 51.0 Å². The molecule has 0 fully saturated rings. The zero-order valence-electron chi connectivity index (χ0n) is 20.7. The molecule has 176 valence electrons. The summed E-state index contributed by atoms with van der Waals surface area (Å²) in [5.74, 6) is 0. The van der Waals surface area contributed by atoms with Crippen LogP contribution >= 0.6 is 46.4 Å². The SMILES string of the molecule is CCC(Cl)CCC[B-](CCCC(Cl)CC)(CCCC(Cl)CC)CCCC(Cl)CC.[K+]. The van der Waals surface area contributed by atoms with Crippen molar-refractivity contribution in [3.8, 4) is 0 Å². The molecule has 0 saturated carbocycles. The van der Waals surface area contributed by atoms with E-state index in [2.05, 4.69) is 27.7 Å². The third kappa shape index (κ3) is 18.2. The molecule has 6 heteroatoms. The van der Waals surface area contributed by atoms with Crippen LogP contribution in [0.3, 0.4) is 0 Å². The van der Waals surface area contributed by atoms with Crippen LogP contribution in [-0.2, 0) is 0 Å². The molecule has 0 spiro atoms. The Hall–Kier alpha value is 2.86. The Labute approximate surface area is 252 Å². The van der Waals surface area contributed by atoms with E-state index in [1.54, 1.807) is 0 Å². The molecule has 0 aromatic rings. The molecule has 0 saturated heterocycles. The number of halogens is 4. The minimum absolute atomic E-state index is 0. The molecule has 0 heterocycles. The van der Waals surface area contributed by atoms with E-state index in [9.17, 15) is 0 Å². The van der Waals surface area contributed by atoms with Crippen molar-refractivity contribution in [2.24, 2.45) is 0 Å². The molecule has 0 nitrogen and oxygen atoms in total. The van der Waals surface area contributed by atoms with E-state index in [-0.39, 0.29) is 57.5 Å². The number of hydrogen-bond donors (Lipinski definition) is 0. The topological polar surface area (TPSA) is 0 Å². The normalized spacial score (nSPS) is 17.6. The van der Waals surface area contributed by atoms with E-state index in [1.807, 2.05) is 0 Å². The van der Waals surface area contributed by atoms with Gasteiger partial charge >= 0.3 is 51.4 Å². The Balaban J connectivity index is 0. The fraction of sp³-hybridized carbons (Fsp3) is 1.00. The minimum Gasteiger partial charge on any atom is -0.178 e. The summed E-state index contributed by atoms with van der Waals surface area (Å²) in [4.78, 5) is 0. The van der Waals surface area contributed by atoms with E-state index in [0.717, 1.165) is 51.4 Å². The Morgan fingerprint density at radius 3 is 0.833 bits per heavy atom. The molecule has 4 unspecified atom stereocenters. The standard InChI is InChI=1S/C24H48BCl4.K/c1-5-21(26)13-9-17-25(18-10-14-22(27)6-2,19-11-15-23(28)7-3)20-12-16-24(29)8-4;/h21-24H,5-20H2,1-4H3;/q-1;+1. The molecule has 0 bridgehead atoms. The van der Waals surface area contributed by atoms with Crippen LogP contribution in [-0.4, -0.2) is 27.7 Å². The van der Waals surface area contributed by atoms with Gasteiger partial charge in [0.15, 0.2) is 0 Å². The summed E-state index contributed by atoms with van der Waals surface area (Å²) in [7, 11) is 0. The molecule has 0 amide bonds. The van der Waals surface area contributed by atoms with Crippen molar-refractivity contribution in [3.05, 3.63) is 0 Å². The summed E-state index contributed by atoms with van der Waals surface area (Å²) < 4.78 is 0. The number of hydrogen-bond acceptors (Lipinski definition) is 0. The smallest absolute Gasteiger partial charge is 0.178 e. The van der Waals surface area contributed by atoms with Gasteiger partial charge in [0.05, 0.1) is 0 Å². The molecule has 0 radical (unpaired) electrons. The first-order valence-corrected chi connectivity index (χ1v) is 14.3. The third-order valence-corrected chi connectivity index (χ3v) is 9.21. The summed E-state index contributed by atoms with van der Waals surface area (Å²) >= 11 is 25.8. The van der Waals surface area contributed by atoms with Crippen LogP contribution in [0, 0.1) is 0 Å². The zero-order chi connectivity index (χ0) is 22.1. The van der Waals surface area contributed by atoms with Crippen molar-refractivity contribution in [1.29, 1.82) is 0 Å². The average molecular weight is 528 g/mol. The van der Waals surface area contributed by atoms with Gasteiger partial charge in [0.1, 0.15) is 0 Å². The Bertz CT molecular complexity index is 304. The predicted molar refractivity (Wildman–Crippen MR) is 142 cm³/mol. The van der Waals surface area contributed by atoms with Crippen molar-refractivity contribution < 1.29 is 51.4 Å². The largest absolute Gasteiger partial charge is 1.00 e. The van der Waals surface area contributed by atoms with Gasteiger partial charge in [-0.15, -0.1) is 46.4 Å². The summed E-state index contributed by atoms with van der Waals surface area (Å²) in [5, 5.41) is 1.32. The molecular weight excluding hydrogens is 480 g/mol. The van der Waals surface area contributed by atoms with Crippen molar-refractivity contribution in [2.45, 2.75) is 152 Å². The van der Waals surface area contributed by atoms with Crippen LogP contribution in [0.25, 0.3) is 0 Å². The second kappa shape index (κ2) is 22.3. The molecule has 0 rings (SSSR count). The first-order valence-electron chi connectivity index (χ1n) is 12.6. The molecular formula is C24H48BCl4K. The maximum atomic E-state index is 6.44. The summed E-state index contributed by atoms with van der Waals surface area (Å²) in [6, 6.07) is 0. The fourth-order valence-electron chi connectivity index (χ4n) is 4.77. The van der Waals surface area contributed by atoms with Crippen LogP contribution in [0.4, 0.5) is 0 Å². The second-order valence-electron chi connectivity index (χ2n) is 9.48. The van der Waals surface area contributed by atoms with Crippen LogP contribution in [0.2, 0.25) is 25.3 Å². The maximum absolute atomic E-state index is 6.44. The monoisotopic (exact) mass is 526 g/mol. The van der Waals surface area contributed by atoms with E-state index in [0.29, 0.717) is 21.5 Å². The molecule has 30 heavy (non-hydrogen) atoms. The Morgan fingerprint density at radius 2 is 0.667 bits per heavy atom. The molecule has 0 aliphatic heterocycles. The van der Waals surface area contributed by atoms with Gasteiger partial charge in [-0.1, -0.05) is 53.4 Å². The summed E-state index contributed by atoms with van der Waals surface area (Å²) in [5.41, 5.74) is 0. The van der Waals surface area contributed by atoms with Crippen molar-refractivity contribution in [3.63, 3.8) is 0 Å². The molecule has 0 aliphatic rings. The van der Waals surface area contributed by atoms with Crippen molar-refractivity contribution in [2.75, 3.05) is 0 Å². The van der Waals surface area contributed by atoms with Crippen molar-refractivity contribution in [1.82, 2.24) is 0 Å².